The summed E-state index contributed by atoms with van der Waals surface area (Å²) in [6.07, 6.45) is -4.87. The molecule has 1 atom stereocenters. The van der Waals surface area contributed by atoms with E-state index >= 15 is 0 Å². The van der Waals surface area contributed by atoms with Gasteiger partial charge in [-0.05, 0) is 0 Å². The van der Waals surface area contributed by atoms with E-state index in [9.17, 15) is 127 Å². The lowest BCUT2D eigenvalue weighted by Gasteiger charge is -2.31. The van der Waals surface area contributed by atoms with Crippen molar-refractivity contribution in [2.75, 3.05) is 0 Å². The van der Waals surface area contributed by atoms with Crippen LogP contribution in [0.25, 0.3) is 11.7 Å². The Kier molecular flexibility index (Phi) is 12.9. The smallest absolute Gasteiger partial charge is 0.235 e. The molecular formula is C34H9F29. The van der Waals surface area contributed by atoms with Gasteiger partial charge in [0.1, 0.15) is 27.8 Å². The number of benzene rings is 4. The van der Waals surface area contributed by atoms with E-state index in [1.807, 2.05) is 0 Å². The van der Waals surface area contributed by atoms with E-state index in [1.54, 1.807) is 0 Å². The highest BCUT2D eigenvalue weighted by Gasteiger charge is 2.67. The molecule has 1 unspecified atom stereocenters. The molecule has 0 nitrogen and oxygen atoms in total. The molecule has 0 aromatic heterocycles. The zero-order valence-corrected chi connectivity index (χ0v) is 27.0. The molecule has 4 aromatic carbocycles. The number of hydrogen-bond acceptors (Lipinski definition) is 0. The summed E-state index contributed by atoms with van der Waals surface area (Å²) in [5.41, 5.74) is -26.4. The van der Waals surface area contributed by atoms with Crippen molar-refractivity contribution < 1.29 is 127 Å². The summed E-state index contributed by atoms with van der Waals surface area (Å²) in [4.78, 5) is 0. The maximum Gasteiger partial charge on any atom is 0.345 e. The van der Waals surface area contributed by atoms with Gasteiger partial charge in [0.05, 0.1) is 16.7 Å². The third kappa shape index (κ3) is 6.54. The number of halogens is 29. The van der Waals surface area contributed by atoms with Crippen LogP contribution < -0.4 is 0 Å². The van der Waals surface area contributed by atoms with Crippen molar-refractivity contribution >= 4 is 11.7 Å². The van der Waals surface area contributed by atoms with Crippen molar-refractivity contribution in [3.8, 4) is 0 Å². The SMILES string of the molecule is C.C.F/C1=C(\F)c2c(F)c(F)c(c(F)c2F)C(F)(F)C(F)(F)c2c(F)c(F)c1c(F)c2F.Fc1c(F)c2c(F)c(F)c1C(F)C(F)(F)c1c(F)c(F)c(c(F)c1F)C(F)(F)C2(F)F. The lowest BCUT2D eigenvalue weighted by atomic mass is 9.87. The maximum absolute atomic E-state index is 14.2. The molecular weight excluding hydrogens is 959 g/mol. The summed E-state index contributed by atoms with van der Waals surface area (Å²) in [6, 6.07) is 0. The molecule has 0 radical (unpaired) electrons. The van der Waals surface area contributed by atoms with Crippen LogP contribution in [0, 0.1) is 93.1 Å². The first-order valence-corrected chi connectivity index (χ1v) is 14.6. The lowest BCUT2D eigenvalue weighted by Crippen LogP contribution is -2.41. The minimum absolute atomic E-state index is 0. The molecule has 0 saturated heterocycles. The predicted octanol–water partition coefficient (Wildman–Crippen LogP) is 14.8. The molecule has 8 bridgehead atoms. The van der Waals surface area contributed by atoms with Gasteiger partial charge in [-0.3, -0.25) is 0 Å². The van der Waals surface area contributed by atoms with Crippen molar-refractivity contribution in [2.45, 2.75) is 50.6 Å². The molecule has 348 valence electrons. The number of rotatable bonds is 0. The second kappa shape index (κ2) is 15.7. The summed E-state index contributed by atoms with van der Waals surface area (Å²) >= 11 is 0. The molecule has 12 rings (SSSR count). The van der Waals surface area contributed by atoms with Crippen molar-refractivity contribution in [3.63, 3.8) is 0 Å². The van der Waals surface area contributed by atoms with Gasteiger partial charge in [-0.2, -0.15) is 43.9 Å². The molecule has 63 heavy (non-hydrogen) atoms. The summed E-state index contributed by atoms with van der Waals surface area (Å²) in [7, 11) is 0. The zero-order valence-electron chi connectivity index (χ0n) is 27.0. The third-order valence-corrected chi connectivity index (χ3v) is 8.67. The Balaban J connectivity index is 0.000000325. The Morgan fingerprint density at radius 3 is 0.651 bits per heavy atom. The summed E-state index contributed by atoms with van der Waals surface area (Å²) in [5, 5.41) is 0. The molecule has 0 saturated carbocycles. The van der Waals surface area contributed by atoms with E-state index < -0.39 is 185 Å². The Bertz CT molecular complexity index is 2410. The van der Waals surface area contributed by atoms with Gasteiger partial charge >= 0.3 is 29.6 Å². The number of hydrogen-bond donors (Lipinski definition) is 0. The fourth-order valence-corrected chi connectivity index (χ4v) is 5.70. The molecule has 4 aromatic rings. The van der Waals surface area contributed by atoms with E-state index in [0.29, 0.717) is 0 Å². The van der Waals surface area contributed by atoms with Gasteiger partial charge in [-0.15, -0.1) is 0 Å². The topological polar surface area (TPSA) is 0 Å². The highest BCUT2D eigenvalue weighted by Crippen LogP contribution is 2.58. The molecule has 0 spiro atoms. The van der Waals surface area contributed by atoms with Crippen LogP contribution in [0.5, 0.6) is 0 Å². The highest BCUT2D eigenvalue weighted by molar-refractivity contribution is 5.84. The van der Waals surface area contributed by atoms with Crippen LogP contribution in [0.3, 0.4) is 0 Å². The second-order valence-corrected chi connectivity index (χ2v) is 12.0. The largest absolute Gasteiger partial charge is 0.345 e. The van der Waals surface area contributed by atoms with Crippen LogP contribution in [0.4, 0.5) is 127 Å². The standard InChI is InChI=1S/C16HF15.C16F14.2CH4/c17-5-1-6(18)10(22)3(9(5)21)15(28,29)16(30,31)4-11(23)7(19)2(8(20)12(4)24)14(26,27)13(1)25;17-5-1-7(19)11(23)3(12(24)8(1)20)15(27,28)16(29,30)4-13(25)9(21)2(6(5)18)10(22)14(4)26;;/h13H;;2*1H4/b;6-5-;;. The molecule has 8 aliphatic carbocycles. The Hall–Kier alpha value is -5.41. The van der Waals surface area contributed by atoms with Gasteiger partial charge in [-0.1, -0.05) is 14.9 Å². The van der Waals surface area contributed by atoms with Crippen LogP contribution in [0.2, 0.25) is 0 Å². The predicted molar refractivity (Wildman–Crippen MR) is 151 cm³/mol. The lowest BCUT2D eigenvalue weighted by molar-refractivity contribution is -0.230. The van der Waals surface area contributed by atoms with E-state index in [2.05, 4.69) is 0 Å². The highest BCUT2D eigenvalue weighted by atomic mass is 19.3. The number of alkyl halides is 11. The summed E-state index contributed by atoms with van der Waals surface area (Å²) < 4.78 is 408. The molecule has 8 aliphatic rings. The van der Waals surface area contributed by atoms with Crippen LogP contribution in [-0.2, 0) is 29.6 Å². The van der Waals surface area contributed by atoms with E-state index in [0.717, 1.165) is 0 Å². The van der Waals surface area contributed by atoms with Crippen molar-refractivity contribution in [2.24, 2.45) is 0 Å². The normalized spacial score (nSPS) is 19.9. The Morgan fingerprint density at radius 2 is 0.429 bits per heavy atom. The van der Waals surface area contributed by atoms with Crippen molar-refractivity contribution in [3.05, 3.63) is 138 Å². The van der Waals surface area contributed by atoms with Gasteiger partial charge in [0.2, 0.25) is 0 Å². The minimum atomic E-state index is -6.72. The summed E-state index contributed by atoms with van der Waals surface area (Å²) in [5.74, 6) is -93.4. The van der Waals surface area contributed by atoms with Crippen LogP contribution in [-0.4, -0.2) is 0 Å². The molecule has 0 fully saturated rings. The first kappa shape index (κ1) is 51.9. The van der Waals surface area contributed by atoms with E-state index in [-0.39, 0.29) is 14.9 Å². The van der Waals surface area contributed by atoms with E-state index in [4.69, 9.17) is 0 Å². The molecule has 29 heteroatoms. The zero-order chi connectivity index (χ0) is 47.1. The van der Waals surface area contributed by atoms with Crippen LogP contribution >= 0.6 is 0 Å². The first-order valence-electron chi connectivity index (χ1n) is 14.6. The van der Waals surface area contributed by atoms with Crippen LogP contribution in [0.1, 0.15) is 65.5 Å². The fraction of sp³-hybridized carbons (Fsp3) is 0.235. The maximum atomic E-state index is 14.2. The average Bonchev–Trinajstić information content (AvgIpc) is 3.14. The van der Waals surface area contributed by atoms with Crippen molar-refractivity contribution in [1.82, 2.24) is 0 Å². The van der Waals surface area contributed by atoms with Gasteiger partial charge in [0, 0.05) is 0 Å². The minimum Gasteiger partial charge on any atom is -0.235 e. The monoisotopic (exact) mass is 968 g/mol. The van der Waals surface area contributed by atoms with E-state index in [1.165, 1.54) is 0 Å². The van der Waals surface area contributed by atoms with Gasteiger partial charge in [-0.25, -0.2) is 83.4 Å². The van der Waals surface area contributed by atoms with Gasteiger partial charge < -0.3 is 0 Å². The average molecular weight is 968 g/mol. The molecule has 0 aliphatic heterocycles. The van der Waals surface area contributed by atoms with Gasteiger partial charge in [0.25, 0.3) is 0 Å². The fourth-order valence-electron chi connectivity index (χ4n) is 5.70. The Labute approximate surface area is 327 Å². The molecule has 0 N–H and O–H groups in total. The quantitative estimate of drug-likeness (QED) is 0.122. The molecule has 0 amide bonds. The third-order valence-electron chi connectivity index (χ3n) is 8.67. The van der Waals surface area contributed by atoms with Crippen molar-refractivity contribution in [1.29, 1.82) is 0 Å². The first-order chi connectivity index (χ1) is 27.5. The second-order valence-electron chi connectivity index (χ2n) is 12.0. The Morgan fingerprint density at radius 1 is 0.254 bits per heavy atom. The summed E-state index contributed by atoms with van der Waals surface area (Å²) in [6.45, 7) is 0. The van der Waals surface area contributed by atoms with Crippen LogP contribution in [0.15, 0.2) is 0 Å². The molecule has 0 heterocycles. The van der Waals surface area contributed by atoms with Gasteiger partial charge in [0.15, 0.2) is 111 Å².